The maximum Gasteiger partial charge on any atom is 0.254 e. The van der Waals surface area contributed by atoms with Crippen molar-refractivity contribution in [2.45, 2.75) is 40.3 Å². The minimum absolute atomic E-state index is 0.0127. The predicted octanol–water partition coefficient (Wildman–Crippen LogP) is 6.68. The van der Waals surface area contributed by atoms with Gasteiger partial charge in [0.15, 0.2) is 0 Å². The monoisotopic (exact) mass is 544 g/mol. The number of rotatable bonds is 10. The predicted molar refractivity (Wildman–Crippen MR) is 139 cm³/mol. The van der Waals surface area contributed by atoms with Crippen LogP contribution in [0.4, 0.5) is 4.39 Å². The van der Waals surface area contributed by atoms with Gasteiger partial charge >= 0.3 is 0 Å². The van der Waals surface area contributed by atoms with Crippen molar-refractivity contribution in [2.75, 3.05) is 13.1 Å². The quantitative estimate of drug-likeness (QED) is 0.285. The van der Waals surface area contributed by atoms with Crippen LogP contribution < -0.4 is 0 Å². The van der Waals surface area contributed by atoms with Crippen LogP contribution in [-0.2, 0) is 17.9 Å². The summed E-state index contributed by atoms with van der Waals surface area (Å²) in [7, 11) is 0. The second-order valence-corrected chi connectivity index (χ2v) is 10.9. The van der Waals surface area contributed by atoms with Gasteiger partial charge in [0.25, 0.3) is 5.91 Å². The molecule has 0 radical (unpaired) electrons. The molecule has 2 amide bonds. The maximum atomic E-state index is 13.6. The van der Waals surface area contributed by atoms with Crippen molar-refractivity contribution < 1.29 is 14.0 Å². The molecule has 0 saturated carbocycles. The van der Waals surface area contributed by atoms with Crippen LogP contribution in [0.2, 0.25) is 0 Å². The summed E-state index contributed by atoms with van der Waals surface area (Å²) in [6.07, 6.45) is 0.907. The van der Waals surface area contributed by atoms with Crippen molar-refractivity contribution in [1.82, 2.24) is 9.80 Å². The molecule has 1 heterocycles. The van der Waals surface area contributed by atoms with Gasteiger partial charge in [0.2, 0.25) is 5.91 Å². The molecule has 3 rings (SSSR count). The average Bonchev–Trinajstić information content (AvgIpc) is 3.23. The molecule has 7 heteroatoms. The Hall–Kier alpha value is -2.51. The van der Waals surface area contributed by atoms with E-state index in [2.05, 4.69) is 29.8 Å². The van der Waals surface area contributed by atoms with E-state index in [1.54, 1.807) is 45.4 Å². The average molecular weight is 546 g/mol. The highest BCUT2D eigenvalue weighted by Crippen LogP contribution is 2.20. The van der Waals surface area contributed by atoms with Gasteiger partial charge in [-0.25, -0.2) is 4.39 Å². The van der Waals surface area contributed by atoms with E-state index in [4.69, 9.17) is 0 Å². The molecule has 0 aliphatic rings. The summed E-state index contributed by atoms with van der Waals surface area (Å²) >= 11 is 5.07. The number of carbonyl (C=O) groups is 2. The van der Waals surface area contributed by atoms with Crippen molar-refractivity contribution in [3.05, 3.63) is 91.8 Å². The van der Waals surface area contributed by atoms with Crippen molar-refractivity contribution in [3.8, 4) is 0 Å². The summed E-state index contributed by atoms with van der Waals surface area (Å²) in [5.74, 6) is -0.352. The molecule has 0 aliphatic heterocycles. The molecule has 0 fully saturated rings. The lowest BCUT2D eigenvalue weighted by molar-refractivity contribution is -0.133. The molecule has 0 saturated heterocycles. The SMILES string of the molecule is CCC(C)CN(CC(=O)N(Cc1ccc(F)cc1)Cc1ccc(C)s1)C(=O)c1cccc(Br)c1. The van der Waals surface area contributed by atoms with Gasteiger partial charge in [-0.15, -0.1) is 11.3 Å². The topological polar surface area (TPSA) is 40.6 Å². The number of benzene rings is 2. The number of thiophene rings is 1. The first-order valence-corrected chi connectivity index (χ1v) is 13.0. The van der Waals surface area contributed by atoms with Crippen LogP contribution in [0.25, 0.3) is 0 Å². The summed E-state index contributed by atoms with van der Waals surface area (Å²) in [5, 5.41) is 0. The third kappa shape index (κ3) is 7.50. The summed E-state index contributed by atoms with van der Waals surface area (Å²) in [6, 6.07) is 17.5. The zero-order valence-corrected chi connectivity index (χ0v) is 22.2. The Morgan fingerprint density at radius 2 is 1.76 bits per heavy atom. The molecule has 2 aromatic carbocycles. The summed E-state index contributed by atoms with van der Waals surface area (Å²) in [6.45, 7) is 7.46. The van der Waals surface area contributed by atoms with Crippen LogP contribution in [0.1, 0.15) is 45.9 Å². The van der Waals surface area contributed by atoms with Crippen molar-refractivity contribution in [2.24, 2.45) is 5.92 Å². The first kappa shape index (κ1) is 26.1. The Labute approximate surface area is 213 Å². The van der Waals surface area contributed by atoms with E-state index in [-0.39, 0.29) is 30.1 Å². The molecule has 4 nitrogen and oxygen atoms in total. The zero-order chi connectivity index (χ0) is 24.7. The Balaban J connectivity index is 1.84. The lowest BCUT2D eigenvalue weighted by Crippen LogP contribution is -2.44. The van der Waals surface area contributed by atoms with Crippen molar-refractivity contribution in [1.29, 1.82) is 0 Å². The highest BCUT2D eigenvalue weighted by Gasteiger charge is 2.24. The summed E-state index contributed by atoms with van der Waals surface area (Å²) in [5.41, 5.74) is 1.39. The number of amides is 2. The highest BCUT2D eigenvalue weighted by molar-refractivity contribution is 9.10. The van der Waals surface area contributed by atoms with E-state index in [0.717, 1.165) is 21.3 Å². The fraction of sp³-hybridized carbons (Fsp3) is 0.333. The molecule has 34 heavy (non-hydrogen) atoms. The van der Waals surface area contributed by atoms with Gasteiger partial charge in [-0.2, -0.15) is 0 Å². The second kappa shape index (κ2) is 12.3. The zero-order valence-electron chi connectivity index (χ0n) is 19.8. The maximum absolute atomic E-state index is 13.6. The van der Waals surface area contributed by atoms with Gasteiger partial charge in [0, 0.05) is 32.9 Å². The third-order valence-electron chi connectivity index (χ3n) is 5.70. The molecule has 0 spiro atoms. The van der Waals surface area contributed by atoms with E-state index in [1.807, 2.05) is 31.2 Å². The number of hydrogen-bond donors (Lipinski definition) is 0. The number of halogens is 2. The van der Waals surface area contributed by atoms with Gasteiger partial charge in [0.05, 0.1) is 6.54 Å². The second-order valence-electron chi connectivity index (χ2n) is 8.60. The van der Waals surface area contributed by atoms with E-state index in [1.165, 1.54) is 17.0 Å². The van der Waals surface area contributed by atoms with Crippen LogP contribution >= 0.6 is 27.3 Å². The normalized spacial score (nSPS) is 11.8. The Morgan fingerprint density at radius 1 is 1.03 bits per heavy atom. The van der Waals surface area contributed by atoms with Gasteiger partial charge in [0.1, 0.15) is 12.4 Å². The minimum atomic E-state index is -0.310. The molecular formula is C27H30BrFN2O2S. The number of nitrogens with zero attached hydrogens (tertiary/aromatic N) is 2. The molecule has 0 N–H and O–H groups in total. The number of aryl methyl sites for hydroxylation is 1. The van der Waals surface area contributed by atoms with E-state index >= 15 is 0 Å². The van der Waals surface area contributed by atoms with E-state index in [0.29, 0.717) is 25.2 Å². The highest BCUT2D eigenvalue weighted by atomic mass is 79.9. The van der Waals surface area contributed by atoms with Crippen LogP contribution in [0.5, 0.6) is 0 Å². The molecular weight excluding hydrogens is 515 g/mol. The van der Waals surface area contributed by atoms with Crippen LogP contribution in [0, 0.1) is 18.7 Å². The van der Waals surface area contributed by atoms with Gasteiger partial charge in [-0.05, 0) is 60.9 Å². The fourth-order valence-electron chi connectivity index (χ4n) is 3.59. The fourth-order valence-corrected chi connectivity index (χ4v) is 4.90. The first-order valence-electron chi connectivity index (χ1n) is 11.4. The number of hydrogen-bond acceptors (Lipinski definition) is 3. The largest absolute Gasteiger partial charge is 0.332 e. The van der Waals surface area contributed by atoms with Gasteiger partial charge < -0.3 is 9.80 Å². The molecule has 0 bridgehead atoms. The molecule has 1 unspecified atom stereocenters. The standard InChI is InChI=1S/C27H30BrFN2O2S/c1-4-19(2)15-31(27(33)22-6-5-7-23(28)14-22)18-26(32)30(17-25-13-8-20(3)34-25)16-21-9-11-24(29)12-10-21/h5-14,19H,4,15-18H2,1-3H3. The lowest BCUT2D eigenvalue weighted by atomic mass is 10.1. The first-order chi connectivity index (χ1) is 16.2. The molecule has 180 valence electrons. The lowest BCUT2D eigenvalue weighted by Gasteiger charge is -2.29. The Bertz CT molecular complexity index is 1120. The van der Waals surface area contributed by atoms with Crippen LogP contribution in [0.3, 0.4) is 0 Å². The Kier molecular flexibility index (Phi) is 9.42. The minimum Gasteiger partial charge on any atom is -0.332 e. The van der Waals surface area contributed by atoms with Gasteiger partial charge in [-0.1, -0.05) is 54.4 Å². The van der Waals surface area contributed by atoms with E-state index in [9.17, 15) is 14.0 Å². The third-order valence-corrected chi connectivity index (χ3v) is 7.17. The van der Waals surface area contributed by atoms with Crippen molar-refractivity contribution >= 4 is 39.1 Å². The molecule has 3 aromatic rings. The molecule has 1 aromatic heterocycles. The molecule has 0 aliphatic carbocycles. The molecule has 1 atom stereocenters. The summed E-state index contributed by atoms with van der Waals surface area (Å²) < 4.78 is 14.2. The smallest absolute Gasteiger partial charge is 0.254 e. The van der Waals surface area contributed by atoms with Crippen LogP contribution in [-0.4, -0.2) is 34.7 Å². The van der Waals surface area contributed by atoms with Crippen molar-refractivity contribution in [3.63, 3.8) is 0 Å². The van der Waals surface area contributed by atoms with Gasteiger partial charge in [-0.3, -0.25) is 9.59 Å². The van der Waals surface area contributed by atoms with E-state index < -0.39 is 0 Å². The summed E-state index contributed by atoms with van der Waals surface area (Å²) in [4.78, 5) is 32.6. The number of carbonyl (C=O) groups excluding carboxylic acids is 2. The van der Waals surface area contributed by atoms with Crippen LogP contribution in [0.15, 0.2) is 65.1 Å². The Morgan fingerprint density at radius 3 is 2.38 bits per heavy atom.